The molecule has 1 aromatic carbocycles. The maximum Gasteiger partial charge on any atom is 0.230 e. The first-order chi connectivity index (χ1) is 12.6. The van der Waals surface area contributed by atoms with E-state index in [1.54, 1.807) is 0 Å². The Morgan fingerprint density at radius 2 is 1.58 bits per heavy atom. The molecular weight excluding hydrogens is 328 g/mol. The van der Waals surface area contributed by atoms with Crippen molar-refractivity contribution < 1.29 is 14.4 Å². The number of imide groups is 1. The second-order valence-electron chi connectivity index (χ2n) is 7.78. The average Bonchev–Trinajstić information content (AvgIpc) is 3.12. The Kier molecular flexibility index (Phi) is 4.55. The van der Waals surface area contributed by atoms with E-state index in [0.29, 0.717) is 12.8 Å². The lowest BCUT2D eigenvalue weighted by molar-refractivity contribution is -0.145. The van der Waals surface area contributed by atoms with Crippen LogP contribution in [0.15, 0.2) is 30.3 Å². The molecule has 0 aliphatic carbocycles. The highest BCUT2D eigenvalue weighted by Gasteiger charge is 2.48. The van der Waals surface area contributed by atoms with E-state index < -0.39 is 0 Å². The Labute approximate surface area is 154 Å². The third kappa shape index (κ3) is 2.83. The molecule has 0 saturated carbocycles. The van der Waals surface area contributed by atoms with Crippen LogP contribution >= 0.6 is 0 Å². The van der Waals surface area contributed by atoms with Gasteiger partial charge in [0.2, 0.25) is 17.7 Å². The summed E-state index contributed by atoms with van der Waals surface area (Å²) in [5, 5.41) is 0. The summed E-state index contributed by atoms with van der Waals surface area (Å²) in [6.45, 7) is 2.06. The van der Waals surface area contributed by atoms with Crippen molar-refractivity contribution in [2.45, 2.75) is 75.9 Å². The minimum Gasteiger partial charge on any atom is -0.336 e. The molecule has 3 fully saturated rings. The van der Waals surface area contributed by atoms with Crippen molar-refractivity contribution in [2.24, 2.45) is 0 Å². The largest absolute Gasteiger partial charge is 0.336 e. The van der Waals surface area contributed by atoms with Gasteiger partial charge in [0.25, 0.3) is 0 Å². The summed E-state index contributed by atoms with van der Waals surface area (Å²) < 4.78 is 0. The second-order valence-corrected chi connectivity index (χ2v) is 7.78. The van der Waals surface area contributed by atoms with Crippen LogP contribution < -0.4 is 0 Å². The first-order valence-corrected chi connectivity index (χ1v) is 9.82. The number of hydrogen-bond acceptors (Lipinski definition) is 3. The normalized spacial score (nSPS) is 29.3. The SMILES string of the molecule is CCC(C(=O)N1C2CCC1CC(N1C(=O)CCC1=O)C2)c1ccccc1. The van der Waals surface area contributed by atoms with Gasteiger partial charge < -0.3 is 4.90 Å². The number of carbonyl (C=O) groups is 3. The number of rotatable bonds is 4. The van der Waals surface area contributed by atoms with Gasteiger partial charge in [0.15, 0.2) is 0 Å². The summed E-state index contributed by atoms with van der Waals surface area (Å²) in [6, 6.07) is 10.3. The molecule has 1 aromatic rings. The number of fused-ring (bicyclic) bond motifs is 2. The molecule has 3 aliphatic rings. The van der Waals surface area contributed by atoms with Crippen molar-refractivity contribution in [3.8, 4) is 0 Å². The number of benzene rings is 1. The fourth-order valence-electron chi connectivity index (χ4n) is 5.14. The number of likely N-dealkylation sites (tertiary alicyclic amines) is 1. The fourth-order valence-corrected chi connectivity index (χ4v) is 5.14. The van der Waals surface area contributed by atoms with E-state index in [9.17, 15) is 14.4 Å². The highest BCUT2D eigenvalue weighted by atomic mass is 16.2. The molecule has 0 N–H and O–H groups in total. The summed E-state index contributed by atoms with van der Waals surface area (Å²) in [5.41, 5.74) is 1.08. The van der Waals surface area contributed by atoms with Crippen LogP contribution in [-0.2, 0) is 14.4 Å². The number of carbonyl (C=O) groups excluding carboxylic acids is 3. The van der Waals surface area contributed by atoms with Gasteiger partial charge in [-0.3, -0.25) is 19.3 Å². The van der Waals surface area contributed by atoms with E-state index in [4.69, 9.17) is 0 Å². The lowest BCUT2D eigenvalue weighted by Gasteiger charge is -2.42. The summed E-state index contributed by atoms with van der Waals surface area (Å²) in [7, 11) is 0. The Morgan fingerprint density at radius 3 is 2.12 bits per heavy atom. The molecule has 2 bridgehead atoms. The van der Waals surface area contributed by atoms with Crippen molar-refractivity contribution >= 4 is 17.7 Å². The van der Waals surface area contributed by atoms with E-state index in [1.807, 2.05) is 30.3 Å². The van der Waals surface area contributed by atoms with Gasteiger partial charge in [-0.25, -0.2) is 0 Å². The Hall–Kier alpha value is -2.17. The minimum atomic E-state index is -0.106. The molecule has 3 amide bonds. The molecule has 3 aliphatic heterocycles. The van der Waals surface area contributed by atoms with Gasteiger partial charge in [-0.15, -0.1) is 0 Å². The minimum absolute atomic E-state index is 0.0177. The van der Waals surface area contributed by atoms with Gasteiger partial charge >= 0.3 is 0 Å². The van der Waals surface area contributed by atoms with Crippen LogP contribution in [0.25, 0.3) is 0 Å². The number of amides is 3. The van der Waals surface area contributed by atoms with Crippen molar-refractivity contribution in [3.63, 3.8) is 0 Å². The summed E-state index contributed by atoms with van der Waals surface area (Å²) in [4.78, 5) is 41.1. The van der Waals surface area contributed by atoms with Crippen LogP contribution in [0, 0.1) is 0 Å². The molecular formula is C21H26N2O3. The molecule has 3 atom stereocenters. The predicted molar refractivity (Wildman–Crippen MR) is 97.2 cm³/mol. The van der Waals surface area contributed by atoms with Gasteiger partial charge in [-0.2, -0.15) is 0 Å². The van der Waals surface area contributed by atoms with Crippen molar-refractivity contribution in [3.05, 3.63) is 35.9 Å². The lowest BCUT2D eigenvalue weighted by Crippen LogP contribution is -2.54. The monoisotopic (exact) mass is 354 g/mol. The zero-order valence-corrected chi connectivity index (χ0v) is 15.3. The molecule has 26 heavy (non-hydrogen) atoms. The molecule has 4 rings (SSSR count). The van der Waals surface area contributed by atoms with E-state index in [-0.39, 0.29) is 41.8 Å². The Bertz CT molecular complexity index is 687. The smallest absolute Gasteiger partial charge is 0.230 e. The van der Waals surface area contributed by atoms with Crippen molar-refractivity contribution in [1.82, 2.24) is 9.80 Å². The number of hydrogen-bond donors (Lipinski definition) is 0. The number of nitrogens with zero attached hydrogens (tertiary/aromatic N) is 2. The Morgan fingerprint density at radius 1 is 1.00 bits per heavy atom. The van der Waals surface area contributed by atoms with E-state index >= 15 is 0 Å². The fraction of sp³-hybridized carbons (Fsp3) is 0.571. The molecule has 0 spiro atoms. The molecule has 3 unspecified atom stereocenters. The first-order valence-electron chi connectivity index (χ1n) is 9.82. The van der Waals surface area contributed by atoms with Gasteiger partial charge in [-0.05, 0) is 37.7 Å². The van der Waals surface area contributed by atoms with Gasteiger partial charge in [-0.1, -0.05) is 37.3 Å². The first kappa shape index (κ1) is 17.3. The van der Waals surface area contributed by atoms with E-state index in [0.717, 1.165) is 37.7 Å². The molecule has 0 radical (unpaired) electrons. The Balaban J connectivity index is 1.52. The van der Waals surface area contributed by atoms with Crippen LogP contribution in [0.5, 0.6) is 0 Å². The summed E-state index contributed by atoms with van der Waals surface area (Å²) in [6.07, 6.45) is 4.92. The lowest BCUT2D eigenvalue weighted by atomic mass is 9.90. The maximum absolute atomic E-state index is 13.3. The van der Waals surface area contributed by atoms with Crippen LogP contribution in [0.4, 0.5) is 0 Å². The van der Waals surface area contributed by atoms with Crippen LogP contribution in [0.1, 0.15) is 63.4 Å². The highest BCUT2D eigenvalue weighted by molar-refractivity contribution is 6.02. The van der Waals surface area contributed by atoms with Crippen molar-refractivity contribution in [1.29, 1.82) is 0 Å². The molecule has 0 aromatic heterocycles. The molecule has 5 heteroatoms. The quantitative estimate of drug-likeness (QED) is 0.781. The van der Waals surface area contributed by atoms with E-state index in [2.05, 4.69) is 11.8 Å². The topological polar surface area (TPSA) is 57.7 Å². The van der Waals surface area contributed by atoms with E-state index in [1.165, 1.54) is 4.90 Å². The van der Waals surface area contributed by atoms with Gasteiger partial charge in [0.1, 0.15) is 0 Å². The molecule has 3 heterocycles. The molecule has 5 nitrogen and oxygen atoms in total. The summed E-state index contributed by atoms with van der Waals surface area (Å²) >= 11 is 0. The zero-order valence-electron chi connectivity index (χ0n) is 15.3. The highest BCUT2D eigenvalue weighted by Crippen LogP contribution is 2.41. The standard InChI is InChI=1S/C21H26N2O3/c1-2-18(14-6-4-3-5-7-14)21(26)22-15-8-9-16(22)13-17(12-15)23-19(24)10-11-20(23)25/h3-7,15-18H,2,8-13H2,1H3. The van der Waals surface area contributed by atoms with Crippen molar-refractivity contribution in [2.75, 3.05) is 0 Å². The summed E-state index contributed by atoms with van der Waals surface area (Å²) in [5.74, 6) is 0.0411. The molecule has 3 saturated heterocycles. The molecule has 138 valence electrons. The third-order valence-electron chi connectivity index (χ3n) is 6.33. The maximum atomic E-state index is 13.3. The van der Waals surface area contributed by atoms with Gasteiger partial charge in [0.05, 0.1) is 5.92 Å². The van der Waals surface area contributed by atoms with Crippen LogP contribution in [-0.4, -0.2) is 45.6 Å². The predicted octanol–water partition coefficient (Wildman–Crippen LogP) is 2.85. The third-order valence-corrected chi connectivity index (χ3v) is 6.33. The van der Waals surface area contributed by atoms with Gasteiger partial charge in [0, 0.05) is 31.0 Å². The number of piperidine rings is 1. The van der Waals surface area contributed by atoms with Crippen LogP contribution in [0.2, 0.25) is 0 Å². The van der Waals surface area contributed by atoms with Crippen LogP contribution in [0.3, 0.4) is 0 Å². The zero-order chi connectivity index (χ0) is 18.3. The average molecular weight is 354 g/mol. The second kappa shape index (κ2) is 6.86.